The van der Waals surface area contributed by atoms with Crippen molar-refractivity contribution in [2.24, 2.45) is 0 Å². The van der Waals surface area contributed by atoms with Crippen LogP contribution in [0.5, 0.6) is 5.75 Å². The van der Waals surface area contributed by atoms with Crippen molar-refractivity contribution >= 4 is 23.4 Å². The van der Waals surface area contributed by atoms with Crippen LogP contribution in [-0.2, 0) is 9.53 Å². The summed E-state index contributed by atoms with van der Waals surface area (Å²) in [6, 6.07) is 6.91. The minimum absolute atomic E-state index is 0.00822. The number of methoxy groups -OCH3 is 1. The van der Waals surface area contributed by atoms with E-state index < -0.39 is 5.97 Å². The highest BCUT2D eigenvalue weighted by atomic mass is 16.5. The fourth-order valence-electron chi connectivity index (χ4n) is 2.16. The van der Waals surface area contributed by atoms with Gasteiger partial charge in [-0.3, -0.25) is 4.79 Å². The zero-order chi connectivity index (χ0) is 15.0. The number of rotatable bonds is 2. The van der Waals surface area contributed by atoms with Crippen LogP contribution < -0.4 is 15.8 Å². The highest BCUT2D eigenvalue weighted by Gasteiger charge is 2.18. The van der Waals surface area contributed by atoms with Crippen molar-refractivity contribution in [3.63, 3.8) is 0 Å². The van der Waals surface area contributed by atoms with Crippen molar-refractivity contribution in [2.75, 3.05) is 24.8 Å². The van der Waals surface area contributed by atoms with Crippen molar-refractivity contribution in [1.82, 2.24) is 4.98 Å². The third kappa shape index (κ3) is 2.29. The molecule has 108 valence electrons. The van der Waals surface area contributed by atoms with Crippen molar-refractivity contribution in [2.45, 2.75) is 0 Å². The number of fused-ring (bicyclic) bond motifs is 1. The quantitative estimate of drug-likeness (QED) is 0.723. The molecule has 0 atom stereocenters. The maximum atomic E-state index is 11.6. The SMILES string of the molecule is COC(=O)c1cc(-c2ccc3c(c2)NC(=O)CO3)[nH]c1N. The Balaban J connectivity index is 1.99. The monoisotopic (exact) mass is 287 g/mol. The van der Waals surface area contributed by atoms with Gasteiger partial charge in [0.15, 0.2) is 6.61 Å². The first-order valence-corrected chi connectivity index (χ1v) is 6.22. The molecule has 4 N–H and O–H groups in total. The summed E-state index contributed by atoms with van der Waals surface area (Å²) in [5.41, 5.74) is 8.03. The number of nitrogens with one attached hydrogen (secondary N) is 2. The number of aromatic amines is 1. The first-order chi connectivity index (χ1) is 10.1. The Hall–Kier alpha value is -2.96. The van der Waals surface area contributed by atoms with Crippen LogP contribution in [0.3, 0.4) is 0 Å². The smallest absolute Gasteiger partial charge is 0.341 e. The second-order valence-corrected chi connectivity index (χ2v) is 4.55. The summed E-state index contributed by atoms with van der Waals surface area (Å²) in [5, 5.41) is 2.72. The minimum atomic E-state index is -0.510. The van der Waals surface area contributed by atoms with E-state index in [1.807, 2.05) is 6.07 Å². The number of carbonyl (C=O) groups is 2. The number of esters is 1. The predicted octanol–water partition coefficient (Wildman–Crippen LogP) is 1.38. The maximum Gasteiger partial charge on any atom is 0.341 e. The van der Waals surface area contributed by atoms with Crippen molar-refractivity contribution in [1.29, 1.82) is 0 Å². The maximum absolute atomic E-state index is 11.6. The van der Waals surface area contributed by atoms with Crippen LogP contribution in [-0.4, -0.2) is 30.6 Å². The Morgan fingerprint density at radius 1 is 1.38 bits per heavy atom. The molecular formula is C14H13N3O4. The molecule has 0 radical (unpaired) electrons. The van der Waals surface area contributed by atoms with E-state index in [0.717, 1.165) is 5.56 Å². The highest BCUT2D eigenvalue weighted by molar-refractivity contribution is 5.98. The molecule has 1 aromatic heterocycles. The van der Waals surface area contributed by atoms with Gasteiger partial charge in [0.05, 0.1) is 12.8 Å². The first-order valence-electron chi connectivity index (χ1n) is 6.22. The number of nitrogens with two attached hydrogens (primary N) is 1. The van der Waals surface area contributed by atoms with E-state index in [1.165, 1.54) is 7.11 Å². The Kier molecular flexibility index (Phi) is 3.02. The Morgan fingerprint density at radius 3 is 2.95 bits per heavy atom. The van der Waals surface area contributed by atoms with Gasteiger partial charge in [0.2, 0.25) is 0 Å². The number of hydrogen-bond donors (Lipinski definition) is 3. The standard InChI is InChI=1S/C14H13N3O4/c1-20-14(19)8-5-9(17-13(8)15)7-2-3-11-10(4-7)16-12(18)6-21-11/h2-5,17H,6,15H2,1H3,(H,16,18). The Labute approximate surface area is 120 Å². The van der Waals surface area contributed by atoms with E-state index >= 15 is 0 Å². The molecular weight excluding hydrogens is 274 g/mol. The molecule has 0 bridgehead atoms. The van der Waals surface area contributed by atoms with Gasteiger partial charge in [0.25, 0.3) is 5.91 Å². The summed E-state index contributed by atoms with van der Waals surface area (Å²) in [6.45, 7) is 0.00822. The van der Waals surface area contributed by atoms with Crippen molar-refractivity contribution in [3.05, 3.63) is 29.8 Å². The summed E-state index contributed by atoms with van der Waals surface area (Å²) in [4.78, 5) is 25.8. The largest absolute Gasteiger partial charge is 0.482 e. The molecule has 7 heteroatoms. The number of anilines is 2. The van der Waals surface area contributed by atoms with Crippen molar-refractivity contribution < 1.29 is 19.1 Å². The minimum Gasteiger partial charge on any atom is -0.482 e. The van der Waals surface area contributed by atoms with Gasteiger partial charge in [-0.05, 0) is 24.3 Å². The van der Waals surface area contributed by atoms with Gasteiger partial charge in [0.1, 0.15) is 17.1 Å². The lowest BCUT2D eigenvalue weighted by Gasteiger charge is -2.18. The number of carbonyl (C=O) groups excluding carboxylic acids is 2. The lowest BCUT2D eigenvalue weighted by atomic mass is 10.1. The van der Waals surface area contributed by atoms with E-state index in [2.05, 4.69) is 15.0 Å². The summed E-state index contributed by atoms with van der Waals surface area (Å²) >= 11 is 0. The molecule has 7 nitrogen and oxygen atoms in total. The molecule has 2 heterocycles. The van der Waals surface area contributed by atoms with Crippen LogP contribution in [0.1, 0.15) is 10.4 Å². The van der Waals surface area contributed by atoms with Crippen LogP contribution in [0.2, 0.25) is 0 Å². The molecule has 0 fully saturated rings. The first kappa shape index (κ1) is 13.0. The second kappa shape index (κ2) is 4.86. The van der Waals surface area contributed by atoms with Crippen LogP contribution in [0.15, 0.2) is 24.3 Å². The third-order valence-corrected chi connectivity index (χ3v) is 3.18. The van der Waals surface area contributed by atoms with E-state index in [4.69, 9.17) is 10.5 Å². The van der Waals surface area contributed by atoms with Gasteiger partial charge < -0.3 is 25.5 Å². The van der Waals surface area contributed by atoms with Gasteiger partial charge in [-0.1, -0.05) is 0 Å². The zero-order valence-electron chi connectivity index (χ0n) is 11.2. The average molecular weight is 287 g/mol. The number of amides is 1. The fraction of sp³-hybridized carbons (Fsp3) is 0.143. The van der Waals surface area contributed by atoms with Crippen LogP contribution >= 0.6 is 0 Å². The molecule has 0 aliphatic carbocycles. The highest BCUT2D eigenvalue weighted by Crippen LogP contribution is 2.33. The van der Waals surface area contributed by atoms with Gasteiger partial charge in [-0.25, -0.2) is 4.79 Å². The predicted molar refractivity (Wildman–Crippen MR) is 76.1 cm³/mol. The number of aromatic nitrogens is 1. The summed E-state index contributed by atoms with van der Waals surface area (Å²) in [7, 11) is 1.29. The fourth-order valence-corrected chi connectivity index (χ4v) is 2.16. The normalized spacial score (nSPS) is 13.1. The zero-order valence-corrected chi connectivity index (χ0v) is 11.2. The number of H-pyrrole nitrogens is 1. The Morgan fingerprint density at radius 2 is 2.19 bits per heavy atom. The summed E-state index contributed by atoms with van der Waals surface area (Å²) < 4.78 is 9.95. The average Bonchev–Trinajstić information content (AvgIpc) is 2.87. The molecule has 2 aromatic rings. The molecule has 21 heavy (non-hydrogen) atoms. The molecule has 0 unspecified atom stereocenters. The third-order valence-electron chi connectivity index (χ3n) is 3.18. The summed E-state index contributed by atoms with van der Waals surface area (Å²) in [5.74, 6) is 0.117. The van der Waals surface area contributed by atoms with Gasteiger partial charge in [-0.2, -0.15) is 0 Å². The molecule has 0 saturated heterocycles. The molecule has 0 saturated carbocycles. The molecule has 1 aliphatic heterocycles. The van der Waals surface area contributed by atoms with Gasteiger partial charge >= 0.3 is 5.97 Å². The summed E-state index contributed by atoms with van der Waals surface area (Å²) in [6.07, 6.45) is 0. The number of hydrogen-bond acceptors (Lipinski definition) is 5. The van der Waals surface area contributed by atoms with E-state index in [9.17, 15) is 9.59 Å². The van der Waals surface area contributed by atoms with Crippen LogP contribution in [0.4, 0.5) is 11.5 Å². The van der Waals surface area contributed by atoms with E-state index in [-0.39, 0.29) is 23.9 Å². The number of benzene rings is 1. The van der Waals surface area contributed by atoms with Gasteiger partial charge in [0, 0.05) is 11.3 Å². The molecule has 1 aliphatic rings. The molecule has 3 rings (SSSR count). The lowest BCUT2D eigenvalue weighted by Crippen LogP contribution is -2.25. The van der Waals surface area contributed by atoms with Crippen molar-refractivity contribution in [3.8, 4) is 17.0 Å². The lowest BCUT2D eigenvalue weighted by molar-refractivity contribution is -0.118. The van der Waals surface area contributed by atoms with E-state index in [0.29, 0.717) is 17.1 Å². The van der Waals surface area contributed by atoms with Crippen LogP contribution in [0.25, 0.3) is 11.3 Å². The van der Waals surface area contributed by atoms with Crippen LogP contribution in [0, 0.1) is 0 Å². The van der Waals surface area contributed by atoms with E-state index in [1.54, 1.807) is 18.2 Å². The molecule has 1 amide bonds. The molecule has 0 spiro atoms. The Bertz CT molecular complexity index is 736. The molecule has 1 aromatic carbocycles. The second-order valence-electron chi connectivity index (χ2n) is 4.55. The number of ether oxygens (including phenoxy) is 2. The number of nitrogen functional groups attached to an aromatic ring is 1. The van der Waals surface area contributed by atoms with Gasteiger partial charge in [-0.15, -0.1) is 0 Å². The topological polar surface area (TPSA) is 106 Å².